The molecule has 0 aliphatic carbocycles. The number of phosphoric ester groups is 1. The van der Waals surface area contributed by atoms with Crippen molar-refractivity contribution in [1.29, 1.82) is 0 Å². The van der Waals surface area contributed by atoms with Crippen molar-refractivity contribution in [2.45, 2.75) is 443 Å². The first-order valence-electron chi connectivity index (χ1n) is 40.9. The van der Waals surface area contributed by atoms with E-state index in [9.17, 15) is 19.4 Å². The van der Waals surface area contributed by atoms with Gasteiger partial charge in [-0.2, -0.15) is 0 Å². The Labute approximate surface area is 569 Å². The summed E-state index contributed by atoms with van der Waals surface area (Å²) in [5, 5.41) is 14.0. The minimum absolute atomic E-state index is 0.00692. The van der Waals surface area contributed by atoms with E-state index in [2.05, 4.69) is 43.5 Å². The maximum atomic E-state index is 13.1. The van der Waals surface area contributed by atoms with Gasteiger partial charge in [0.05, 0.1) is 39.9 Å². The third-order valence-corrected chi connectivity index (χ3v) is 20.0. The van der Waals surface area contributed by atoms with Gasteiger partial charge in [-0.15, -0.1) is 0 Å². The molecule has 0 aliphatic heterocycles. The average molecular weight is 1300 g/mol. The number of nitrogens with zero attached hydrogens (tertiary/aromatic N) is 1. The second-order valence-electron chi connectivity index (χ2n) is 29.5. The van der Waals surface area contributed by atoms with E-state index in [0.29, 0.717) is 17.4 Å². The van der Waals surface area contributed by atoms with Crippen molar-refractivity contribution in [3.63, 3.8) is 0 Å². The summed E-state index contributed by atoms with van der Waals surface area (Å²) in [5.74, 6) is -0.202. The van der Waals surface area contributed by atoms with Crippen molar-refractivity contribution in [3.05, 3.63) is 36.5 Å². The van der Waals surface area contributed by atoms with Crippen LogP contribution in [0.4, 0.5) is 0 Å². The number of carbonyl (C=O) groups is 1. The van der Waals surface area contributed by atoms with Gasteiger partial charge in [-0.1, -0.05) is 416 Å². The Morgan fingerprint density at radius 2 is 0.615 bits per heavy atom. The second-order valence-corrected chi connectivity index (χ2v) is 30.9. The number of phosphoric acid groups is 1. The van der Waals surface area contributed by atoms with Crippen LogP contribution in [0.1, 0.15) is 431 Å². The molecule has 0 saturated heterocycles. The molecule has 0 heterocycles. The number of amides is 1. The molecule has 91 heavy (non-hydrogen) atoms. The summed E-state index contributed by atoms with van der Waals surface area (Å²) in [7, 11) is 1.26. The molecule has 0 aromatic rings. The van der Waals surface area contributed by atoms with E-state index < -0.39 is 26.6 Å². The lowest BCUT2D eigenvalue weighted by molar-refractivity contribution is -0.870. The molecule has 8 nitrogen and oxygen atoms in total. The van der Waals surface area contributed by atoms with Crippen LogP contribution in [-0.2, 0) is 18.4 Å². The Morgan fingerprint density at radius 1 is 0.374 bits per heavy atom. The molecule has 0 bridgehead atoms. The maximum Gasteiger partial charge on any atom is 0.268 e. The molecule has 0 aromatic carbocycles. The average Bonchev–Trinajstić information content (AvgIpc) is 3.46. The molecule has 540 valence electrons. The van der Waals surface area contributed by atoms with Gasteiger partial charge in [-0.25, -0.2) is 0 Å². The molecule has 0 aromatic heterocycles. The number of aliphatic hydroxyl groups is 1. The van der Waals surface area contributed by atoms with Crippen molar-refractivity contribution in [1.82, 2.24) is 5.32 Å². The fourth-order valence-electron chi connectivity index (χ4n) is 12.8. The molecule has 9 heteroatoms. The monoisotopic (exact) mass is 1300 g/mol. The number of unbranched alkanes of at least 4 members (excludes halogenated alkanes) is 60. The largest absolute Gasteiger partial charge is 0.756 e. The Morgan fingerprint density at radius 3 is 0.890 bits per heavy atom. The quantitative estimate of drug-likeness (QED) is 0.0272. The summed E-state index contributed by atoms with van der Waals surface area (Å²) in [4.78, 5) is 25.7. The van der Waals surface area contributed by atoms with Crippen LogP contribution in [0.2, 0.25) is 0 Å². The lowest BCUT2D eigenvalue weighted by atomic mass is 10.0. The third kappa shape index (κ3) is 76.0. The Hall–Kier alpha value is -1.28. The highest BCUT2D eigenvalue weighted by molar-refractivity contribution is 7.45. The zero-order valence-corrected chi connectivity index (χ0v) is 63.0. The summed E-state index contributed by atoms with van der Waals surface area (Å²) in [5.41, 5.74) is 0. The highest BCUT2D eigenvalue weighted by atomic mass is 31.2. The van der Waals surface area contributed by atoms with Crippen LogP contribution in [0.5, 0.6) is 0 Å². The van der Waals surface area contributed by atoms with E-state index >= 15 is 0 Å². The lowest BCUT2D eigenvalue weighted by Gasteiger charge is -2.29. The fraction of sp³-hybridized carbons (Fsp3) is 0.915. The van der Waals surface area contributed by atoms with E-state index in [-0.39, 0.29) is 12.5 Å². The fourth-order valence-corrected chi connectivity index (χ4v) is 13.5. The zero-order chi connectivity index (χ0) is 66.2. The van der Waals surface area contributed by atoms with Gasteiger partial charge in [-0.3, -0.25) is 9.36 Å². The number of hydrogen-bond donors (Lipinski definition) is 2. The lowest BCUT2D eigenvalue weighted by Crippen LogP contribution is -2.45. The topological polar surface area (TPSA) is 108 Å². The van der Waals surface area contributed by atoms with E-state index in [1.807, 2.05) is 27.2 Å². The number of rotatable bonds is 77. The minimum Gasteiger partial charge on any atom is -0.756 e. The first-order valence-corrected chi connectivity index (χ1v) is 42.3. The van der Waals surface area contributed by atoms with Crippen molar-refractivity contribution in [3.8, 4) is 0 Å². The summed E-state index contributed by atoms with van der Waals surface area (Å²) in [6.45, 7) is 4.69. The second kappa shape index (κ2) is 73.0. The van der Waals surface area contributed by atoms with Gasteiger partial charge in [0.25, 0.3) is 7.82 Å². The van der Waals surface area contributed by atoms with Crippen LogP contribution < -0.4 is 10.2 Å². The van der Waals surface area contributed by atoms with Gasteiger partial charge in [0.2, 0.25) is 5.91 Å². The smallest absolute Gasteiger partial charge is 0.268 e. The van der Waals surface area contributed by atoms with Crippen molar-refractivity contribution in [2.75, 3.05) is 40.9 Å². The number of likely N-dealkylation sites (N-methyl/N-ethyl adjacent to an activating group) is 1. The Balaban J connectivity index is 3.96. The number of allylic oxidation sites excluding steroid dienone is 5. The van der Waals surface area contributed by atoms with E-state index in [1.165, 1.54) is 366 Å². The molecular weight excluding hydrogens is 1140 g/mol. The van der Waals surface area contributed by atoms with E-state index in [1.54, 1.807) is 6.08 Å². The molecule has 0 spiro atoms. The van der Waals surface area contributed by atoms with Gasteiger partial charge in [-0.05, 0) is 44.9 Å². The highest BCUT2D eigenvalue weighted by Crippen LogP contribution is 2.38. The van der Waals surface area contributed by atoms with Crippen molar-refractivity contribution in [2.24, 2.45) is 0 Å². The number of quaternary nitrogens is 1. The van der Waals surface area contributed by atoms with Gasteiger partial charge in [0, 0.05) is 6.42 Å². The van der Waals surface area contributed by atoms with Crippen LogP contribution in [0.15, 0.2) is 36.5 Å². The molecule has 3 unspecified atom stereocenters. The van der Waals surface area contributed by atoms with Crippen LogP contribution in [0.3, 0.4) is 0 Å². The highest BCUT2D eigenvalue weighted by Gasteiger charge is 2.23. The van der Waals surface area contributed by atoms with Crippen molar-refractivity contribution >= 4 is 13.7 Å². The maximum absolute atomic E-state index is 13.1. The zero-order valence-electron chi connectivity index (χ0n) is 62.1. The van der Waals surface area contributed by atoms with Crippen LogP contribution in [0, 0.1) is 0 Å². The molecular formula is C82H161N2O6P. The Kier molecular flexibility index (Phi) is 72.0. The first kappa shape index (κ1) is 89.7. The molecule has 0 saturated carbocycles. The number of aliphatic hydroxyl groups excluding tert-OH is 1. The van der Waals surface area contributed by atoms with Gasteiger partial charge in [0.15, 0.2) is 0 Å². The van der Waals surface area contributed by atoms with Crippen LogP contribution >= 0.6 is 7.82 Å². The van der Waals surface area contributed by atoms with Crippen molar-refractivity contribution < 1.29 is 32.9 Å². The molecule has 1 amide bonds. The molecule has 0 rings (SSSR count). The summed E-state index contributed by atoms with van der Waals surface area (Å²) in [6.07, 6.45) is 99.1. The predicted octanol–water partition coefficient (Wildman–Crippen LogP) is 26.1. The standard InChI is InChI=1S/C82H161N2O6P/c1-6-8-10-12-14-16-18-20-22-24-26-28-30-32-34-36-38-39-40-41-42-43-44-45-46-48-50-52-54-56-58-60-62-64-66-68-70-72-74-76-82(86)83-80(79-90-91(87,88)89-78-77-84(3,4)5)81(85)75-73-71-69-67-65-63-61-59-57-55-53-51-49-47-37-35-33-31-29-27-25-23-21-19-17-15-13-11-9-7-2/h57,59,65,67,73,75,80-81,85H,6-56,58,60-64,66,68-72,74,76-79H2,1-5H3,(H-,83,86,87,88)/b59-57+,67-65+,75-73+. The van der Waals surface area contributed by atoms with Gasteiger partial charge < -0.3 is 28.8 Å². The third-order valence-electron chi connectivity index (χ3n) is 19.1. The molecule has 2 N–H and O–H groups in total. The number of hydrogen-bond acceptors (Lipinski definition) is 6. The van der Waals surface area contributed by atoms with E-state index in [0.717, 1.165) is 44.9 Å². The van der Waals surface area contributed by atoms with Gasteiger partial charge >= 0.3 is 0 Å². The SMILES string of the molecule is CCCCCCCCCCCCCCCCCCCCCC/C=C/CC/C=C/CC/C=C/C(O)C(COP(=O)([O-])OCC[N+](C)(C)C)NC(=O)CCCCCCCCCCCCCCCCCCCCCCCCCCCCCCCCCCCCCCCCC. The van der Waals surface area contributed by atoms with Crippen LogP contribution in [0.25, 0.3) is 0 Å². The minimum atomic E-state index is -4.62. The summed E-state index contributed by atoms with van der Waals surface area (Å²) >= 11 is 0. The first-order chi connectivity index (χ1) is 44.5. The molecule has 0 fully saturated rings. The Bertz CT molecular complexity index is 1580. The summed E-state index contributed by atoms with van der Waals surface area (Å²) in [6, 6.07) is -0.910. The predicted molar refractivity (Wildman–Crippen MR) is 399 cm³/mol. The normalized spacial score (nSPS) is 13.6. The number of carbonyl (C=O) groups excluding carboxylic acids is 1. The van der Waals surface area contributed by atoms with E-state index in [4.69, 9.17) is 9.05 Å². The number of nitrogens with one attached hydrogen (secondary N) is 1. The molecule has 3 atom stereocenters. The van der Waals surface area contributed by atoms with Crippen LogP contribution in [-0.4, -0.2) is 68.5 Å². The van der Waals surface area contributed by atoms with Gasteiger partial charge in [0.1, 0.15) is 13.2 Å². The summed E-state index contributed by atoms with van der Waals surface area (Å²) < 4.78 is 23.5. The molecule has 0 aliphatic rings. The molecule has 0 radical (unpaired) electrons.